The largest absolute Gasteiger partial charge is 0.462 e. The van der Waals surface area contributed by atoms with E-state index < -0.39 is 22.5 Å². The number of hydrogen-bond donors (Lipinski definition) is 1. The lowest BCUT2D eigenvalue weighted by atomic mass is 10.1. The summed E-state index contributed by atoms with van der Waals surface area (Å²) < 4.78 is 9.99. The Labute approximate surface area is 133 Å². The van der Waals surface area contributed by atoms with Crippen molar-refractivity contribution in [2.24, 2.45) is 0 Å². The number of carbonyl (C=O) groups excluding carboxylic acids is 2. The van der Waals surface area contributed by atoms with E-state index in [1.54, 1.807) is 27.7 Å². The predicted molar refractivity (Wildman–Crippen MR) is 83.4 cm³/mol. The van der Waals surface area contributed by atoms with Gasteiger partial charge in [-0.1, -0.05) is 6.07 Å². The Kier molecular flexibility index (Phi) is 6.06. The van der Waals surface area contributed by atoms with Gasteiger partial charge in [-0.05, 0) is 33.8 Å². The summed E-state index contributed by atoms with van der Waals surface area (Å²) in [5.74, 6) is -1.30. The summed E-state index contributed by atoms with van der Waals surface area (Å²) in [6.07, 6.45) is 0. The average molecular weight is 324 g/mol. The van der Waals surface area contributed by atoms with Crippen LogP contribution in [0.5, 0.6) is 0 Å². The van der Waals surface area contributed by atoms with E-state index in [0.717, 1.165) is 0 Å². The fourth-order valence-corrected chi connectivity index (χ4v) is 1.80. The standard InChI is InChI=1S/C15H20N2O6/c1-5-22-14(19)10-7-6-8-11(17(20)21)13(10)16-9-12(18)23-15(2,3)4/h6-8,16H,5,9H2,1-4H3. The van der Waals surface area contributed by atoms with Gasteiger partial charge in [0.15, 0.2) is 0 Å². The number of ether oxygens (including phenoxy) is 2. The highest BCUT2D eigenvalue weighted by atomic mass is 16.6. The molecule has 0 amide bonds. The van der Waals surface area contributed by atoms with Crippen molar-refractivity contribution in [1.82, 2.24) is 0 Å². The van der Waals surface area contributed by atoms with Crippen molar-refractivity contribution in [1.29, 1.82) is 0 Å². The molecular formula is C15H20N2O6. The molecule has 0 spiro atoms. The number of nitrogens with one attached hydrogen (secondary N) is 1. The molecule has 0 saturated heterocycles. The predicted octanol–water partition coefficient (Wildman–Crippen LogP) is 2.53. The van der Waals surface area contributed by atoms with E-state index in [0.29, 0.717) is 0 Å². The fourth-order valence-electron chi connectivity index (χ4n) is 1.80. The highest BCUT2D eigenvalue weighted by molar-refractivity contribution is 5.98. The maximum atomic E-state index is 11.9. The smallest absolute Gasteiger partial charge is 0.340 e. The summed E-state index contributed by atoms with van der Waals surface area (Å²) >= 11 is 0. The van der Waals surface area contributed by atoms with Crippen LogP contribution in [0.15, 0.2) is 18.2 Å². The molecule has 1 aromatic rings. The van der Waals surface area contributed by atoms with Crippen molar-refractivity contribution < 1.29 is 24.0 Å². The minimum atomic E-state index is -0.706. The second-order valence-electron chi connectivity index (χ2n) is 5.62. The van der Waals surface area contributed by atoms with E-state index >= 15 is 0 Å². The Balaban J connectivity index is 3.04. The first-order valence-corrected chi connectivity index (χ1v) is 7.06. The second kappa shape index (κ2) is 7.57. The summed E-state index contributed by atoms with van der Waals surface area (Å²) in [6, 6.07) is 4.01. The number of hydrogen-bond acceptors (Lipinski definition) is 7. The van der Waals surface area contributed by atoms with Gasteiger partial charge in [0.2, 0.25) is 0 Å². The lowest BCUT2D eigenvalue weighted by Crippen LogP contribution is -2.28. The van der Waals surface area contributed by atoms with Gasteiger partial charge < -0.3 is 14.8 Å². The van der Waals surface area contributed by atoms with Crippen molar-refractivity contribution >= 4 is 23.3 Å². The Morgan fingerprint density at radius 1 is 1.30 bits per heavy atom. The Morgan fingerprint density at radius 2 is 1.96 bits per heavy atom. The molecule has 0 aliphatic heterocycles. The Bertz CT molecular complexity index is 606. The van der Waals surface area contributed by atoms with Crippen LogP contribution in [0.25, 0.3) is 0 Å². The number of esters is 2. The molecular weight excluding hydrogens is 304 g/mol. The zero-order chi connectivity index (χ0) is 17.6. The maximum Gasteiger partial charge on any atom is 0.340 e. The summed E-state index contributed by atoms with van der Waals surface area (Å²) in [6.45, 7) is 6.57. The van der Waals surface area contributed by atoms with E-state index in [-0.39, 0.29) is 30.1 Å². The van der Waals surface area contributed by atoms with Crippen LogP contribution in [0.3, 0.4) is 0 Å². The minimum absolute atomic E-state index is 0.00962. The second-order valence-corrected chi connectivity index (χ2v) is 5.62. The van der Waals surface area contributed by atoms with Crippen LogP contribution >= 0.6 is 0 Å². The quantitative estimate of drug-likeness (QED) is 0.486. The van der Waals surface area contributed by atoms with Crippen molar-refractivity contribution in [2.45, 2.75) is 33.3 Å². The highest BCUT2D eigenvalue weighted by Gasteiger charge is 2.24. The van der Waals surface area contributed by atoms with Crippen molar-refractivity contribution in [3.8, 4) is 0 Å². The zero-order valence-corrected chi connectivity index (χ0v) is 13.5. The normalized spacial score (nSPS) is 10.8. The van der Waals surface area contributed by atoms with Crippen LogP contribution in [0.2, 0.25) is 0 Å². The molecule has 0 aliphatic carbocycles. The molecule has 23 heavy (non-hydrogen) atoms. The van der Waals surface area contributed by atoms with Gasteiger partial charge >= 0.3 is 11.9 Å². The van der Waals surface area contributed by atoms with Crippen molar-refractivity contribution in [2.75, 3.05) is 18.5 Å². The van der Waals surface area contributed by atoms with Gasteiger partial charge in [-0.3, -0.25) is 14.9 Å². The van der Waals surface area contributed by atoms with E-state index in [2.05, 4.69) is 5.32 Å². The van der Waals surface area contributed by atoms with E-state index in [4.69, 9.17) is 9.47 Å². The molecule has 126 valence electrons. The van der Waals surface area contributed by atoms with Crippen LogP contribution in [-0.4, -0.2) is 35.6 Å². The molecule has 8 heteroatoms. The van der Waals surface area contributed by atoms with E-state index in [9.17, 15) is 19.7 Å². The first kappa shape index (κ1) is 18.4. The SMILES string of the molecule is CCOC(=O)c1cccc([N+](=O)[O-])c1NCC(=O)OC(C)(C)C. The number of nitro benzene ring substituents is 1. The molecule has 0 bridgehead atoms. The van der Waals surface area contributed by atoms with Gasteiger partial charge in [0.1, 0.15) is 17.8 Å². The fraction of sp³-hybridized carbons (Fsp3) is 0.467. The number of para-hydroxylation sites is 1. The number of nitrogens with zero attached hydrogens (tertiary/aromatic N) is 1. The summed E-state index contributed by atoms with van der Waals surface area (Å²) in [5, 5.41) is 13.7. The van der Waals surface area contributed by atoms with Crippen LogP contribution in [0.1, 0.15) is 38.1 Å². The van der Waals surface area contributed by atoms with Gasteiger partial charge in [0.05, 0.1) is 17.1 Å². The molecule has 0 saturated carbocycles. The monoisotopic (exact) mass is 324 g/mol. The summed E-state index contributed by atoms with van der Waals surface area (Å²) in [5.41, 5.74) is -1.07. The zero-order valence-electron chi connectivity index (χ0n) is 13.5. The first-order chi connectivity index (χ1) is 10.7. The molecule has 1 aromatic carbocycles. The molecule has 0 atom stereocenters. The Hall–Kier alpha value is -2.64. The number of benzene rings is 1. The molecule has 0 aliphatic rings. The lowest BCUT2D eigenvalue weighted by molar-refractivity contribution is -0.384. The van der Waals surface area contributed by atoms with Gasteiger partial charge in [-0.25, -0.2) is 4.79 Å². The first-order valence-electron chi connectivity index (χ1n) is 7.06. The minimum Gasteiger partial charge on any atom is -0.462 e. The van der Waals surface area contributed by atoms with Gasteiger partial charge in [0, 0.05) is 6.07 Å². The molecule has 1 rings (SSSR count). The van der Waals surface area contributed by atoms with Gasteiger partial charge in [-0.2, -0.15) is 0 Å². The van der Waals surface area contributed by atoms with E-state index in [1.165, 1.54) is 18.2 Å². The molecule has 8 nitrogen and oxygen atoms in total. The van der Waals surface area contributed by atoms with E-state index in [1.807, 2.05) is 0 Å². The molecule has 0 radical (unpaired) electrons. The maximum absolute atomic E-state index is 11.9. The van der Waals surface area contributed by atoms with Crippen molar-refractivity contribution in [3.63, 3.8) is 0 Å². The van der Waals surface area contributed by atoms with Crippen molar-refractivity contribution in [3.05, 3.63) is 33.9 Å². The topological polar surface area (TPSA) is 108 Å². The van der Waals surface area contributed by atoms with Crippen LogP contribution in [-0.2, 0) is 14.3 Å². The number of carbonyl (C=O) groups is 2. The highest BCUT2D eigenvalue weighted by Crippen LogP contribution is 2.28. The lowest BCUT2D eigenvalue weighted by Gasteiger charge is -2.20. The third-order valence-electron chi connectivity index (χ3n) is 2.56. The molecule has 1 N–H and O–H groups in total. The van der Waals surface area contributed by atoms with Gasteiger partial charge in [-0.15, -0.1) is 0 Å². The molecule has 0 unspecified atom stereocenters. The summed E-state index contributed by atoms with van der Waals surface area (Å²) in [7, 11) is 0. The molecule has 0 heterocycles. The van der Waals surface area contributed by atoms with Crippen LogP contribution in [0.4, 0.5) is 11.4 Å². The number of nitro groups is 1. The van der Waals surface area contributed by atoms with Crippen LogP contribution < -0.4 is 5.32 Å². The number of anilines is 1. The third kappa shape index (κ3) is 5.57. The van der Waals surface area contributed by atoms with Crippen LogP contribution in [0, 0.1) is 10.1 Å². The number of rotatable bonds is 6. The van der Waals surface area contributed by atoms with Gasteiger partial charge in [0.25, 0.3) is 5.69 Å². The molecule has 0 aromatic heterocycles. The Morgan fingerprint density at radius 3 is 2.48 bits per heavy atom. The summed E-state index contributed by atoms with van der Waals surface area (Å²) in [4.78, 5) is 34.1. The average Bonchev–Trinajstić information content (AvgIpc) is 2.43. The molecule has 0 fully saturated rings. The third-order valence-corrected chi connectivity index (χ3v) is 2.56.